The zero-order valence-electron chi connectivity index (χ0n) is 10.9. The van der Waals surface area contributed by atoms with Crippen LogP contribution in [-0.2, 0) is 0 Å². The Hall–Kier alpha value is -0.160. The van der Waals surface area contributed by atoms with Gasteiger partial charge in [0.05, 0.1) is 0 Å². The largest absolute Gasteiger partial charge is 0.330 e. The maximum atomic E-state index is 5.57. The first-order valence-corrected chi connectivity index (χ1v) is 6.57. The van der Waals surface area contributed by atoms with E-state index in [1.54, 1.807) is 0 Å². The van der Waals surface area contributed by atoms with Crippen LogP contribution in [0.4, 0.5) is 0 Å². The van der Waals surface area contributed by atoms with Gasteiger partial charge in [0.2, 0.25) is 0 Å². The fourth-order valence-electron chi connectivity index (χ4n) is 2.48. The normalized spacial score (nSPS) is 28.5. The van der Waals surface area contributed by atoms with Crippen molar-refractivity contribution in [2.24, 2.45) is 11.5 Å². The van der Waals surface area contributed by atoms with Crippen LogP contribution < -0.4 is 11.5 Å². The van der Waals surface area contributed by atoms with E-state index in [1.165, 1.54) is 13.1 Å². The maximum absolute atomic E-state index is 5.57. The zero-order chi connectivity index (χ0) is 12.0. The predicted molar refractivity (Wildman–Crippen MR) is 69.4 cm³/mol. The Morgan fingerprint density at radius 2 is 1.25 bits per heavy atom. The van der Waals surface area contributed by atoms with Crippen LogP contribution in [0, 0.1) is 0 Å². The van der Waals surface area contributed by atoms with Crippen LogP contribution in [0.5, 0.6) is 0 Å². The third-order valence-corrected chi connectivity index (χ3v) is 3.54. The summed E-state index contributed by atoms with van der Waals surface area (Å²) in [5.41, 5.74) is 11.1. The number of piperazine rings is 1. The molecule has 0 spiro atoms. The molecule has 16 heavy (non-hydrogen) atoms. The van der Waals surface area contributed by atoms with Crippen LogP contribution in [-0.4, -0.2) is 61.2 Å². The molecule has 96 valence electrons. The second-order valence-corrected chi connectivity index (χ2v) is 4.97. The van der Waals surface area contributed by atoms with Gasteiger partial charge >= 0.3 is 0 Å². The van der Waals surface area contributed by atoms with Crippen molar-refractivity contribution in [1.29, 1.82) is 0 Å². The Morgan fingerprint density at radius 1 is 0.875 bits per heavy atom. The van der Waals surface area contributed by atoms with Gasteiger partial charge in [0, 0.05) is 25.2 Å². The van der Waals surface area contributed by atoms with Gasteiger partial charge < -0.3 is 11.5 Å². The molecule has 1 aliphatic rings. The SMILES string of the molecule is CC1CN(CCCN)C(C)CN1CCCN. The van der Waals surface area contributed by atoms with Crippen molar-refractivity contribution >= 4 is 0 Å². The minimum Gasteiger partial charge on any atom is -0.330 e. The molecule has 0 aromatic rings. The average Bonchev–Trinajstić information content (AvgIpc) is 2.28. The summed E-state index contributed by atoms with van der Waals surface area (Å²) >= 11 is 0. The molecule has 0 aliphatic carbocycles. The molecule has 4 N–H and O–H groups in total. The van der Waals surface area contributed by atoms with Crippen LogP contribution in [0.1, 0.15) is 26.7 Å². The average molecular weight is 228 g/mol. The summed E-state index contributed by atoms with van der Waals surface area (Å²) in [6, 6.07) is 1.31. The van der Waals surface area contributed by atoms with Crippen molar-refractivity contribution < 1.29 is 0 Å². The first kappa shape index (κ1) is 13.9. The molecule has 1 rings (SSSR count). The standard InChI is InChI=1S/C12H28N4/c1-11-9-16(8-4-6-14)12(2)10-15(11)7-3-5-13/h11-12H,3-10,13-14H2,1-2H3. The quantitative estimate of drug-likeness (QED) is 0.676. The molecule has 2 atom stereocenters. The molecule has 1 heterocycles. The Bertz CT molecular complexity index is 166. The lowest BCUT2D eigenvalue weighted by Crippen LogP contribution is -2.56. The minimum atomic E-state index is 0.653. The molecule has 0 bridgehead atoms. The molecule has 2 unspecified atom stereocenters. The summed E-state index contributed by atoms with van der Waals surface area (Å²) in [5, 5.41) is 0. The Kier molecular flexibility index (Phi) is 6.28. The molecule has 1 fully saturated rings. The molecule has 0 radical (unpaired) electrons. The minimum absolute atomic E-state index is 0.653. The highest BCUT2D eigenvalue weighted by Crippen LogP contribution is 2.15. The van der Waals surface area contributed by atoms with Gasteiger partial charge in [0.1, 0.15) is 0 Å². The van der Waals surface area contributed by atoms with Crippen molar-refractivity contribution in [2.45, 2.75) is 38.8 Å². The van der Waals surface area contributed by atoms with Crippen LogP contribution in [0.15, 0.2) is 0 Å². The Morgan fingerprint density at radius 3 is 1.56 bits per heavy atom. The maximum Gasteiger partial charge on any atom is 0.0195 e. The number of hydrogen-bond acceptors (Lipinski definition) is 4. The van der Waals surface area contributed by atoms with E-state index in [0.717, 1.165) is 39.0 Å². The lowest BCUT2D eigenvalue weighted by Gasteiger charge is -2.44. The smallest absolute Gasteiger partial charge is 0.0195 e. The van der Waals surface area contributed by atoms with Gasteiger partial charge in [-0.05, 0) is 52.9 Å². The number of hydrogen-bond donors (Lipinski definition) is 2. The van der Waals surface area contributed by atoms with Crippen molar-refractivity contribution in [3.63, 3.8) is 0 Å². The third kappa shape index (κ3) is 4.01. The first-order valence-electron chi connectivity index (χ1n) is 6.57. The molecular weight excluding hydrogens is 200 g/mol. The second-order valence-electron chi connectivity index (χ2n) is 4.97. The van der Waals surface area contributed by atoms with E-state index >= 15 is 0 Å². The third-order valence-electron chi connectivity index (χ3n) is 3.54. The van der Waals surface area contributed by atoms with Crippen LogP contribution in [0.3, 0.4) is 0 Å². The summed E-state index contributed by atoms with van der Waals surface area (Å²) in [5.74, 6) is 0. The lowest BCUT2D eigenvalue weighted by molar-refractivity contribution is 0.0423. The molecule has 1 aliphatic heterocycles. The predicted octanol–water partition coefficient (Wildman–Crippen LogP) is 0.0786. The summed E-state index contributed by atoms with van der Waals surface area (Å²) in [7, 11) is 0. The van der Waals surface area contributed by atoms with E-state index in [4.69, 9.17) is 11.5 Å². The van der Waals surface area contributed by atoms with Gasteiger partial charge in [-0.25, -0.2) is 0 Å². The molecule has 1 saturated heterocycles. The van der Waals surface area contributed by atoms with E-state index in [0.29, 0.717) is 12.1 Å². The zero-order valence-corrected chi connectivity index (χ0v) is 10.9. The topological polar surface area (TPSA) is 58.5 Å². The van der Waals surface area contributed by atoms with Crippen molar-refractivity contribution in [3.8, 4) is 0 Å². The number of nitrogens with two attached hydrogens (primary N) is 2. The fraction of sp³-hybridized carbons (Fsp3) is 1.00. The molecular formula is C12H28N4. The van der Waals surface area contributed by atoms with Gasteiger partial charge in [-0.2, -0.15) is 0 Å². The molecule has 0 aromatic carbocycles. The summed E-state index contributed by atoms with van der Waals surface area (Å²) in [6.45, 7) is 10.9. The highest BCUT2D eigenvalue weighted by atomic mass is 15.3. The van der Waals surface area contributed by atoms with Gasteiger partial charge in [0.15, 0.2) is 0 Å². The van der Waals surface area contributed by atoms with Crippen LogP contribution >= 0.6 is 0 Å². The molecule has 4 nitrogen and oxygen atoms in total. The molecule has 4 heteroatoms. The van der Waals surface area contributed by atoms with Crippen molar-refractivity contribution in [2.75, 3.05) is 39.3 Å². The second kappa shape index (κ2) is 7.22. The van der Waals surface area contributed by atoms with Crippen molar-refractivity contribution in [1.82, 2.24) is 9.80 Å². The van der Waals surface area contributed by atoms with Crippen LogP contribution in [0.2, 0.25) is 0 Å². The Labute approximate surface area is 99.9 Å². The molecule has 0 aromatic heterocycles. The van der Waals surface area contributed by atoms with Gasteiger partial charge in [0.25, 0.3) is 0 Å². The van der Waals surface area contributed by atoms with E-state index in [-0.39, 0.29) is 0 Å². The van der Waals surface area contributed by atoms with E-state index in [1.807, 2.05) is 0 Å². The first-order chi connectivity index (χ1) is 7.69. The highest BCUT2D eigenvalue weighted by Gasteiger charge is 2.27. The van der Waals surface area contributed by atoms with Crippen molar-refractivity contribution in [3.05, 3.63) is 0 Å². The Balaban J connectivity index is 2.36. The molecule has 0 amide bonds. The highest BCUT2D eigenvalue weighted by molar-refractivity contribution is 4.84. The van der Waals surface area contributed by atoms with Gasteiger partial charge in [-0.15, -0.1) is 0 Å². The lowest BCUT2D eigenvalue weighted by atomic mass is 10.1. The molecule has 0 saturated carbocycles. The van der Waals surface area contributed by atoms with E-state index < -0.39 is 0 Å². The number of nitrogens with zero attached hydrogens (tertiary/aromatic N) is 2. The monoisotopic (exact) mass is 228 g/mol. The van der Waals surface area contributed by atoms with E-state index in [9.17, 15) is 0 Å². The van der Waals surface area contributed by atoms with Gasteiger partial charge in [-0.1, -0.05) is 0 Å². The van der Waals surface area contributed by atoms with E-state index in [2.05, 4.69) is 23.6 Å². The summed E-state index contributed by atoms with van der Waals surface area (Å²) < 4.78 is 0. The van der Waals surface area contributed by atoms with Crippen LogP contribution in [0.25, 0.3) is 0 Å². The summed E-state index contributed by atoms with van der Waals surface area (Å²) in [6.07, 6.45) is 2.22. The fourth-order valence-corrected chi connectivity index (χ4v) is 2.48. The number of rotatable bonds is 6. The van der Waals surface area contributed by atoms with Gasteiger partial charge in [-0.3, -0.25) is 9.80 Å². The summed E-state index contributed by atoms with van der Waals surface area (Å²) in [4.78, 5) is 5.13.